The molecule has 2 aromatic rings. The summed E-state index contributed by atoms with van der Waals surface area (Å²) in [6, 6.07) is 10.4. The van der Waals surface area contributed by atoms with Crippen molar-refractivity contribution in [3.63, 3.8) is 0 Å². The Balaban J connectivity index is 1.81. The Bertz CT molecular complexity index is 867. The van der Waals surface area contributed by atoms with E-state index >= 15 is 0 Å². The highest BCUT2D eigenvalue weighted by atomic mass is 35.5. The normalized spacial score (nSPS) is 15.6. The quantitative estimate of drug-likeness (QED) is 0.732. The van der Waals surface area contributed by atoms with Crippen LogP contribution in [0.2, 0.25) is 5.02 Å². The van der Waals surface area contributed by atoms with Crippen LogP contribution in [0.25, 0.3) is 0 Å². The number of hydrogen-bond acceptors (Lipinski definition) is 3. The van der Waals surface area contributed by atoms with Crippen LogP contribution in [-0.2, 0) is 4.79 Å². The molecule has 1 atom stereocenters. The molecule has 1 unspecified atom stereocenters. The number of benzene rings is 2. The van der Waals surface area contributed by atoms with Crippen LogP contribution < -0.4 is 10.6 Å². The molecule has 0 radical (unpaired) electrons. The minimum absolute atomic E-state index is 0.208. The van der Waals surface area contributed by atoms with E-state index in [1.807, 2.05) is 6.92 Å². The summed E-state index contributed by atoms with van der Waals surface area (Å²) >= 11 is 6.24. The summed E-state index contributed by atoms with van der Waals surface area (Å²) in [4.78, 5) is 27.3. The van der Waals surface area contributed by atoms with E-state index in [0.717, 1.165) is 37.9 Å². The van der Waals surface area contributed by atoms with E-state index < -0.39 is 6.04 Å². The molecule has 2 amide bonds. The lowest BCUT2D eigenvalue weighted by Gasteiger charge is -2.34. The second-order valence-electron chi connectivity index (χ2n) is 7.09. The predicted molar refractivity (Wildman–Crippen MR) is 113 cm³/mol. The summed E-state index contributed by atoms with van der Waals surface area (Å²) in [7, 11) is 0. The third kappa shape index (κ3) is 5.34. The van der Waals surface area contributed by atoms with Crippen LogP contribution in [0.5, 0.6) is 0 Å². The second kappa shape index (κ2) is 9.85. The summed E-state index contributed by atoms with van der Waals surface area (Å²) in [5.41, 5.74) is 1.62. The highest BCUT2D eigenvalue weighted by Gasteiger charge is 2.29. The molecule has 154 valence electrons. The zero-order chi connectivity index (χ0) is 20.8. The van der Waals surface area contributed by atoms with Gasteiger partial charge in [0.25, 0.3) is 5.91 Å². The predicted octanol–water partition coefficient (Wildman–Crippen LogP) is 4.39. The fourth-order valence-corrected chi connectivity index (χ4v) is 3.86. The Morgan fingerprint density at radius 2 is 1.79 bits per heavy atom. The number of anilines is 1. The number of hydrogen-bond donors (Lipinski definition) is 2. The van der Waals surface area contributed by atoms with Crippen molar-refractivity contribution in [2.75, 3.05) is 25.0 Å². The lowest BCUT2D eigenvalue weighted by Crippen LogP contribution is -2.40. The molecule has 1 aliphatic rings. The third-order valence-electron chi connectivity index (χ3n) is 5.01. The van der Waals surface area contributed by atoms with Gasteiger partial charge in [-0.2, -0.15) is 0 Å². The average Bonchev–Trinajstić information content (AvgIpc) is 2.71. The number of amides is 2. The molecule has 29 heavy (non-hydrogen) atoms. The topological polar surface area (TPSA) is 61.4 Å². The molecule has 0 bridgehead atoms. The monoisotopic (exact) mass is 417 g/mol. The van der Waals surface area contributed by atoms with Crippen molar-refractivity contribution in [2.45, 2.75) is 32.2 Å². The third-order valence-corrected chi connectivity index (χ3v) is 5.32. The van der Waals surface area contributed by atoms with E-state index in [9.17, 15) is 14.0 Å². The first kappa shape index (κ1) is 21.3. The highest BCUT2D eigenvalue weighted by molar-refractivity contribution is 6.34. The highest BCUT2D eigenvalue weighted by Crippen LogP contribution is 2.28. The van der Waals surface area contributed by atoms with Gasteiger partial charge < -0.3 is 10.6 Å². The Labute approximate surface area is 175 Å². The van der Waals surface area contributed by atoms with Crippen LogP contribution in [0.1, 0.15) is 48.1 Å². The Morgan fingerprint density at radius 1 is 1.10 bits per heavy atom. The van der Waals surface area contributed by atoms with Crippen LogP contribution in [0.3, 0.4) is 0 Å². The van der Waals surface area contributed by atoms with Gasteiger partial charge in [-0.1, -0.05) is 30.2 Å². The molecule has 0 aliphatic carbocycles. The molecule has 0 spiro atoms. The van der Waals surface area contributed by atoms with Crippen molar-refractivity contribution in [2.24, 2.45) is 0 Å². The standard InChI is InChI=1S/C22H25ClFN3O2/c1-2-25-21(28)18-11-10-17(14-19(18)23)26-22(29)20(27-12-4-3-5-13-27)15-6-8-16(24)9-7-15/h6-11,14,20H,2-5,12-13H2,1H3,(H,25,28)(H,26,29). The van der Waals surface area contributed by atoms with Crippen molar-refractivity contribution >= 4 is 29.1 Å². The van der Waals surface area contributed by atoms with Crippen LogP contribution in [0.4, 0.5) is 10.1 Å². The lowest BCUT2D eigenvalue weighted by molar-refractivity contribution is -0.122. The largest absolute Gasteiger partial charge is 0.352 e. The number of likely N-dealkylation sites (tertiary alicyclic amines) is 1. The first-order valence-electron chi connectivity index (χ1n) is 9.87. The number of nitrogens with one attached hydrogen (secondary N) is 2. The Kier molecular flexibility index (Phi) is 7.23. The molecular weight excluding hydrogens is 393 g/mol. The van der Waals surface area contributed by atoms with Crippen LogP contribution in [0, 0.1) is 5.82 Å². The molecule has 1 saturated heterocycles. The molecule has 7 heteroatoms. The van der Waals surface area contributed by atoms with Gasteiger partial charge in [0.1, 0.15) is 11.9 Å². The van der Waals surface area contributed by atoms with E-state index in [0.29, 0.717) is 17.8 Å². The molecule has 1 heterocycles. The lowest BCUT2D eigenvalue weighted by atomic mass is 10.0. The van der Waals surface area contributed by atoms with Gasteiger partial charge in [-0.15, -0.1) is 0 Å². The maximum absolute atomic E-state index is 13.4. The molecule has 3 rings (SSSR count). The summed E-state index contributed by atoms with van der Waals surface area (Å²) in [5.74, 6) is -0.799. The van der Waals surface area contributed by atoms with Crippen LogP contribution in [0.15, 0.2) is 42.5 Å². The number of carbonyl (C=O) groups excluding carboxylic acids is 2. The number of piperidine rings is 1. The molecule has 2 N–H and O–H groups in total. The van der Waals surface area contributed by atoms with Gasteiger partial charge in [0.15, 0.2) is 0 Å². The van der Waals surface area contributed by atoms with Crippen molar-refractivity contribution in [3.05, 3.63) is 64.4 Å². The van der Waals surface area contributed by atoms with Gasteiger partial charge in [-0.25, -0.2) is 4.39 Å². The van der Waals surface area contributed by atoms with Gasteiger partial charge in [0.05, 0.1) is 10.6 Å². The summed E-state index contributed by atoms with van der Waals surface area (Å²) in [6.45, 7) is 3.96. The number of carbonyl (C=O) groups is 2. The van der Waals surface area contributed by atoms with Gasteiger partial charge in [0, 0.05) is 12.2 Å². The molecule has 1 aliphatic heterocycles. The maximum atomic E-state index is 13.4. The molecule has 5 nitrogen and oxygen atoms in total. The van der Waals surface area contributed by atoms with E-state index in [1.165, 1.54) is 12.1 Å². The van der Waals surface area contributed by atoms with Crippen molar-refractivity contribution < 1.29 is 14.0 Å². The molecule has 0 saturated carbocycles. The van der Waals surface area contributed by atoms with Crippen molar-refractivity contribution in [3.8, 4) is 0 Å². The average molecular weight is 418 g/mol. The summed E-state index contributed by atoms with van der Waals surface area (Å²) in [6.07, 6.45) is 3.20. The van der Waals surface area contributed by atoms with E-state index in [2.05, 4.69) is 15.5 Å². The molecular formula is C22H25ClFN3O2. The van der Waals surface area contributed by atoms with Crippen molar-refractivity contribution in [1.29, 1.82) is 0 Å². The van der Waals surface area contributed by atoms with E-state index in [-0.39, 0.29) is 22.7 Å². The zero-order valence-electron chi connectivity index (χ0n) is 16.4. The maximum Gasteiger partial charge on any atom is 0.252 e. The van der Waals surface area contributed by atoms with Crippen LogP contribution in [-0.4, -0.2) is 36.3 Å². The van der Waals surface area contributed by atoms with Gasteiger partial charge in [0.2, 0.25) is 5.91 Å². The smallest absolute Gasteiger partial charge is 0.252 e. The minimum Gasteiger partial charge on any atom is -0.352 e. The van der Waals surface area contributed by atoms with Gasteiger partial charge in [-0.05, 0) is 68.8 Å². The number of nitrogens with zero attached hydrogens (tertiary/aromatic N) is 1. The fraction of sp³-hybridized carbons (Fsp3) is 0.364. The van der Waals surface area contributed by atoms with Crippen molar-refractivity contribution in [1.82, 2.24) is 10.2 Å². The molecule has 0 aromatic heterocycles. The first-order valence-corrected chi connectivity index (χ1v) is 10.3. The van der Waals surface area contributed by atoms with Crippen LogP contribution >= 0.6 is 11.6 Å². The Hall–Kier alpha value is -2.44. The summed E-state index contributed by atoms with van der Waals surface area (Å²) < 4.78 is 13.4. The second-order valence-corrected chi connectivity index (χ2v) is 7.50. The summed E-state index contributed by atoms with van der Waals surface area (Å²) in [5, 5.41) is 5.87. The molecule has 2 aromatic carbocycles. The SMILES string of the molecule is CCNC(=O)c1ccc(NC(=O)C(c2ccc(F)cc2)N2CCCCC2)cc1Cl. The van der Waals surface area contributed by atoms with Gasteiger partial charge >= 0.3 is 0 Å². The minimum atomic E-state index is -0.516. The van der Waals surface area contributed by atoms with E-state index in [1.54, 1.807) is 30.3 Å². The zero-order valence-corrected chi connectivity index (χ0v) is 17.1. The fourth-order valence-electron chi connectivity index (χ4n) is 3.59. The number of halogens is 2. The first-order chi connectivity index (χ1) is 14.0. The van der Waals surface area contributed by atoms with E-state index in [4.69, 9.17) is 11.6 Å². The Morgan fingerprint density at radius 3 is 2.41 bits per heavy atom. The molecule has 1 fully saturated rings. The number of rotatable bonds is 6. The van der Waals surface area contributed by atoms with Gasteiger partial charge in [-0.3, -0.25) is 14.5 Å².